The standard InChI is InChI=1S/C28H34O4/c1-17(29)18-4-6-19(7-5-18)24-15-27(2)25(12-13-28(27,31)16-32-3)23-10-8-20-14-21(30)9-11-22(20)26(23)24/h4-7,14,23-25,31H,8-13,15-16H2,1-3H3/t23-,24+,25-,27-,28+/m0/s1. The largest absolute Gasteiger partial charge is 0.387 e. The Kier molecular flexibility index (Phi) is 5.29. The number of aliphatic hydroxyl groups is 1. The molecule has 4 aliphatic rings. The van der Waals surface area contributed by atoms with Crippen LogP contribution >= 0.6 is 0 Å². The van der Waals surface area contributed by atoms with Gasteiger partial charge in [0, 0.05) is 30.4 Å². The number of carbonyl (C=O) groups is 2. The number of hydrogen-bond acceptors (Lipinski definition) is 4. The first-order chi connectivity index (χ1) is 15.3. The molecule has 0 saturated heterocycles. The Balaban J connectivity index is 1.65. The second kappa shape index (κ2) is 7.78. The van der Waals surface area contributed by atoms with E-state index in [0.717, 1.165) is 44.1 Å². The molecule has 1 aromatic rings. The van der Waals surface area contributed by atoms with Crippen LogP contribution in [0.4, 0.5) is 0 Å². The third-order valence-electron chi connectivity index (χ3n) is 9.16. The van der Waals surface area contributed by atoms with Crippen molar-refractivity contribution in [3.8, 4) is 0 Å². The molecule has 0 radical (unpaired) electrons. The molecule has 5 atom stereocenters. The molecule has 5 rings (SSSR count). The van der Waals surface area contributed by atoms with Gasteiger partial charge in [0.05, 0.1) is 12.2 Å². The Morgan fingerprint density at radius 1 is 1.16 bits per heavy atom. The van der Waals surface area contributed by atoms with Crippen LogP contribution in [-0.4, -0.2) is 36.0 Å². The third kappa shape index (κ3) is 3.18. The number of hydrogen-bond donors (Lipinski definition) is 1. The molecule has 4 heteroatoms. The molecule has 32 heavy (non-hydrogen) atoms. The molecule has 1 N–H and O–H groups in total. The molecule has 0 aromatic heterocycles. The van der Waals surface area contributed by atoms with Crippen molar-refractivity contribution in [1.82, 2.24) is 0 Å². The Hall–Kier alpha value is -2.04. The average molecular weight is 435 g/mol. The van der Waals surface area contributed by atoms with Crippen LogP contribution in [0.3, 0.4) is 0 Å². The van der Waals surface area contributed by atoms with Gasteiger partial charge in [-0.05, 0) is 80.1 Å². The maximum absolute atomic E-state index is 12.1. The quantitative estimate of drug-likeness (QED) is 0.665. The fraction of sp³-hybridized carbons (Fsp3) is 0.571. The minimum absolute atomic E-state index is 0.0751. The van der Waals surface area contributed by atoms with Crippen LogP contribution in [-0.2, 0) is 9.53 Å². The number of ether oxygens (including phenoxy) is 1. The minimum Gasteiger partial charge on any atom is -0.387 e. The zero-order valence-electron chi connectivity index (χ0n) is 19.4. The van der Waals surface area contributed by atoms with Crippen molar-refractivity contribution >= 4 is 11.6 Å². The lowest BCUT2D eigenvalue weighted by atomic mass is 9.51. The Morgan fingerprint density at radius 3 is 2.59 bits per heavy atom. The molecule has 0 unspecified atom stereocenters. The number of fused-ring (bicyclic) bond motifs is 4. The Labute approximate surface area is 190 Å². The van der Waals surface area contributed by atoms with Gasteiger partial charge in [-0.2, -0.15) is 0 Å². The summed E-state index contributed by atoms with van der Waals surface area (Å²) >= 11 is 0. The van der Waals surface area contributed by atoms with E-state index in [1.54, 1.807) is 14.0 Å². The van der Waals surface area contributed by atoms with Gasteiger partial charge in [0.25, 0.3) is 0 Å². The first-order valence-electron chi connectivity index (χ1n) is 12.1. The highest BCUT2D eigenvalue weighted by Gasteiger charge is 2.62. The second-order valence-electron chi connectivity index (χ2n) is 10.7. The number of allylic oxidation sites excluding steroid dienone is 4. The predicted octanol–water partition coefficient (Wildman–Crippen LogP) is 5.17. The van der Waals surface area contributed by atoms with E-state index in [0.29, 0.717) is 24.9 Å². The van der Waals surface area contributed by atoms with Gasteiger partial charge in [-0.15, -0.1) is 0 Å². The average Bonchev–Trinajstić information content (AvgIpc) is 3.03. The fourth-order valence-electron chi connectivity index (χ4n) is 7.48. The summed E-state index contributed by atoms with van der Waals surface area (Å²) in [5, 5.41) is 11.7. The monoisotopic (exact) mass is 434 g/mol. The van der Waals surface area contributed by atoms with Crippen molar-refractivity contribution < 1.29 is 19.4 Å². The fourth-order valence-corrected chi connectivity index (χ4v) is 7.48. The maximum Gasteiger partial charge on any atom is 0.159 e. The summed E-state index contributed by atoms with van der Waals surface area (Å²) in [4.78, 5) is 24.0. The van der Waals surface area contributed by atoms with E-state index < -0.39 is 5.60 Å². The molecule has 4 aliphatic carbocycles. The number of benzene rings is 1. The summed E-state index contributed by atoms with van der Waals surface area (Å²) in [5.41, 5.74) is 5.05. The van der Waals surface area contributed by atoms with Crippen LogP contribution in [0, 0.1) is 17.3 Å². The van der Waals surface area contributed by atoms with Crippen LogP contribution in [0.1, 0.15) is 80.6 Å². The van der Waals surface area contributed by atoms with E-state index in [4.69, 9.17) is 4.74 Å². The normalized spacial score (nSPS) is 36.3. The Bertz CT molecular complexity index is 1020. The van der Waals surface area contributed by atoms with Crippen molar-refractivity contribution in [2.24, 2.45) is 17.3 Å². The molecular weight excluding hydrogens is 400 g/mol. The van der Waals surface area contributed by atoms with E-state index >= 15 is 0 Å². The van der Waals surface area contributed by atoms with E-state index in [1.807, 2.05) is 18.2 Å². The van der Waals surface area contributed by atoms with Crippen LogP contribution < -0.4 is 0 Å². The lowest BCUT2D eigenvalue weighted by Gasteiger charge is -2.54. The summed E-state index contributed by atoms with van der Waals surface area (Å²) in [7, 11) is 1.68. The van der Waals surface area contributed by atoms with Gasteiger partial charge in [-0.25, -0.2) is 0 Å². The summed E-state index contributed by atoms with van der Waals surface area (Å²) in [6, 6.07) is 8.08. The molecule has 0 bridgehead atoms. The van der Waals surface area contributed by atoms with Gasteiger partial charge in [0.1, 0.15) is 0 Å². The van der Waals surface area contributed by atoms with Gasteiger partial charge in [0.15, 0.2) is 11.6 Å². The van der Waals surface area contributed by atoms with Gasteiger partial charge in [-0.3, -0.25) is 9.59 Å². The molecule has 0 heterocycles. The summed E-state index contributed by atoms with van der Waals surface area (Å²) in [6.07, 6.45) is 7.99. The molecule has 2 saturated carbocycles. The molecule has 2 fully saturated rings. The van der Waals surface area contributed by atoms with Gasteiger partial charge >= 0.3 is 0 Å². The van der Waals surface area contributed by atoms with Crippen LogP contribution in [0.5, 0.6) is 0 Å². The van der Waals surface area contributed by atoms with Crippen LogP contribution in [0.25, 0.3) is 0 Å². The summed E-state index contributed by atoms with van der Waals surface area (Å²) in [5.74, 6) is 1.37. The number of ketones is 2. The Morgan fingerprint density at radius 2 is 1.91 bits per heavy atom. The van der Waals surface area contributed by atoms with E-state index in [9.17, 15) is 14.7 Å². The lowest BCUT2D eigenvalue weighted by molar-refractivity contribution is -0.128. The van der Waals surface area contributed by atoms with Crippen molar-refractivity contribution in [3.05, 3.63) is 58.2 Å². The zero-order valence-corrected chi connectivity index (χ0v) is 19.4. The molecule has 170 valence electrons. The maximum atomic E-state index is 12.1. The van der Waals surface area contributed by atoms with Crippen LogP contribution in [0.2, 0.25) is 0 Å². The van der Waals surface area contributed by atoms with E-state index in [2.05, 4.69) is 19.1 Å². The molecule has 4 nitrogen and oxygen atoms in total. The first-order valence-corrected chi connectivity index (χ1v) is 12.1. The summed E-state index contributed by atoms with van der Waals surface area (Å²) < 4.78 is 5.51. The predicted molar refractivity (Wildman–Crippen MR) is 124 cm³/mol. The molecule has 1 aromatic carbocycles. The number of carbonyl (C=O) groups excluding carboxylic acids is 2. The SMILES string of the molecule is COC[C@]1(O)CC[C@H]2[C@@H]3CCC4=CC(=O)CCC4=C3[C@@H](c3ccc(C(C)=O)cc3)C[C@@]21C. The minimum atomic E-state index is -0.821. The highest BCUT2D eigenvalue weighted by Crippen LogP contribution is 2.66. The topological polar surface area (TPSA) is 63.6 Å². The van der Waals surface area contributed by atoms with Crippen molar-refractivity contribution in [2.75, 3.05) is 13.7 Å². The number of methoxy groups -OCH3 is 1. The number of rotatable bonds is 4. The van der Waals surface area contributed by atoms with Crippen LogP contribution in [0.15, 0.2) is 47.1 Å². The molecule has 0 spiro atoms. The van der Waals surface area contributed by atoms with Gasteiger partial charge in [0.2, 0.25) is 0 Å². The van der Waals surface area contributed by atoms with E-state index in [1.165, 1.54) is 22.3 Å². The van der Waals surface area contributed by atoms with Crippen molar-refractivity contribution in [1.29, 1.82) is 0 Å². The first kappa shape index (κ1) is 21.8. The van der Waals surface area contributed by atoms with Crippen molar-refractivity contribution in [3.63, 3.8) is 0 Å². The van der Waals surface area contributed by atoms with Crippen molar-refractivity contribution in [2.45, 2.75) is 70.3 Å². The second-order valence-corrected chi connectivity index (χ2v) is 10.7. The number of Topliss-reactive ketones (excluding diaryl/α,β-unsaturated/α-hetero) is 1. The third-order valence-corrected chi connectivity index (χ3v) is 9.16. The highest BCUT2D eigenvalue weighted by atomic mass is 16.5. The van der Waals surface area contributed by atoms with Gasteiger partial charge in [-0.1, -0.05) is 36.8 Å². The summed E-state index contributed by atoms with van der Waals surface area (Å²) in [6.45, 7) is 4.24. The molecule has 0 aliphatic heterocycles. The molecule has 0 amide bonds. The van der Waals surface area contributed by atoms with E-state index in [-0.39, 0.29) is 22.9 Å². The zero-order chi connectivity index (χ0) is 22.7. The van der Waals surface area contributed by atoms with Gasteiger partial charge < -0.3 is 9.84 Å². The smallest absolute Gasteiger partial charge is 0.159 e. The molecular formula is C28H34O4. The lowest BCUT2D eigenvalue weighted by Crippen LogP contribution is -2.53. The highest BCUT2D eigenvalue weighted by molar-refractivity contribution is 5.94.